The molecule has 1 aliphatic rings. The lowest BCUT2D eigenvalue weighted by Crippen LogP contribution is -2.35. The third-order valence-corrected chi connectivity index (χ3v) is 4.42. The Bertz CT molecular complexity index is 876. The second-order valence-electron chi connectivity index (χ2n) is 5.63. The zero-order chi connectivity index (χ0) is 18.4. The van der Waals surface area contributed by atoms with Crippen molar-refractivity contribution in [2.24, 2.45) is 0 Å². The molecule has 5 atom stereocenters. The molecule has 1 fully saturated rings. The highest BCUT2D eigenvalue weighted by atomic mass is 31.2. The number of aromatic nitrogens is 4. The Labute approximate surface area is 141 Å². The van der Waals surface area contributed by atoms with Crippen molar-refractivity contribution >= 4 is 24.7 Å². The molecule has 0 radical (unpaired) electrons. The molecule has 13 heteroatoms. The number of aromatic amines is 1. The molecule has 0 aromatic carbocycles. The molecule has 3 rings (SSSR count). The largest absolute Gasteiger partial charge is 0.387 e. The van der Waals surface area contributed by atoms with Crippen LogP contribution < -0.4 is 11.3 Å². The van der Waals surface area contributed by atoms with Gasteiger partial charge in [0.25, 0.3) is 5.56 Å². The zero-order valence-electron chi connectivity index (χ0n) is 13.4. The number of nitrogens with one attached hydrogen (secondary N) is 1. The molecule has 0 aliphatic carbocycles. The van der Waals surface area contributed by atoms with Gasteiger partial charge in [-0.2, -0.15) is 4.98 Å². The van der Waals surface area contributed by atoms with E-state index in [1.165, 1.54) is 18.0 Å². The van der Waals surface area contributed by atoms with Gasteiger partial charge in [0, 0.05) is 13.8 Å². The molecular formula is C12H18N5O7P. The molecule has 0 spiro atoms. The molecule has 2 aromatic heterocycles. The van der Waals surface area contributed by atoms with Gasteiger partial charge in [0.1, 0.15) is 18.3 Å². The van der Waals surface area contributed by atoms with E-state index in [1.807, 2.05) is 0 Å². The minimum atomic E-state index is -3.73. The molecule has 12 nitrogen and oxygen atoms in total. The van der Waals surface area contributed by atoms with Crippen molar-refractivity contribution in [2.45, 2.75) is 24.5 Å². The lowest BCUT2D eigenvalue weighted by Gasteiger charge is -2.19. The number of aliphatic hydroxyl groups excluding tert-OH is 1. The summed E-state index contributed by atoms with van der Waals surface area (Å²) >= 11 is 0. The van der Waals surface area contributed by atoms with Gasteiger partial charge in [0.15, 0.2) is 17.4 Å². The monoisotopic (exact) mass is 375 g/mol. The maximum atomic E-state index is 11.9. The molecule has 0 saturated carbocycles. The summed E-state index contributed by atoms with van der Waals surface area (Å²) < 4.78 is 28.5. The smallest absolute Gasteiger partial charge is 0.325 e. The predicted molar refractivity (Wildman–Crippen MR) is 85.0 cm³/mol. The Balaban J connectivity index is 1.94. The van der Waals surface area contributed by atoms with Crippen LogP contribution in [0.3, 0.4) is 0 Å². The average Bonchev–Trinajstić information content (AvgIpc) is 3.05. The van der Waals surface area contributed by atoms with Crippen LogP contribution in [0.2, 0.25) is 0 Å². The van der Waals surface area contributed by atoms with Gasteiger partial charge in [0.05, 0.1) is 12.9 Å². The van der Waals surface area contributed by atoms with Gasteiger partial charge in [-0.05, 0) is 0 Å². The van der Waals surface area contributed by atoms with Crippen molar-refractivity contribution in [1.82, 2.24) is 19.5 Å². The summed E-state index contributed by atoms with van der Waals surface area (Å²) in [6, 6.07) is 0. The number of hydrogen-bond acceptors (Lipinski definition) is 9. The van der Waals surface area contributed by atoms with Crippen molar-refractivity contribution in [2.75, 3.05) is 26.1 Å². The van der Waals surface area contributed by atoms with Crippen molar-refractivity contribution in [3.8, 4) is 0 Å². The first-order valence-corrected chi connectivity index (χ1v) is 9.27. The fourth-order valence-electron chi connectivity index (χ4n) is 2.68. The summed E-state index contributed by atoms with van der Waals surface area (Å²) in [5.41, 5.74) is 5.26. The first-order chi connectivity index (χ1) is 11.7. The number of nitrogens with two attached hydrogens (primary N) is 1. The Hall–Kier alpha value is -1.82. The quantitative estimate of drug-likeness (QED) is 0.465. The number of ether oxygens (including phenoxy) is 2. The second-order valence-corrected chi connectivity index (χ2v) is 7.49. The van der Waals surface area contributed by atoms with Gasteiger partial charge in [-0.15, -0.1) is 0 Å². The summed E-state index contributed by atoms with van der Waals surface area (Å²) in [6.45, 7) is 0.715. The Morgan fingerprint density at radius 3 is 2.92 bits per heavy atom. The predicted octanol–water partition coefficient (Wildman–Crippen LogP) is -1.19. The maximum absolute atomic E-state index is 11.9. The zero-order valence-corrected chi connectivity index (χ0v) is 14.3. The number of aliphatic hydroxyl groups is 1. The molecule has 25 heavy (non-hydrogen) atoms. The van der Waals surface area contributed by atoms with E-state index < -0.39 is 37.7 Å². The van der Waals surface area contributed by atoms with Crippen LogP contribution in [-0.4, -0.2) is 68.2 Å². The lowest BCUT2D eigenvalue weighted by atomic mass is 10.1. The van der Waals surface area contributed by atoms with E-state index in [9.17, 15) is 19.4 Å². The van der Waals surface area contributed by atoms with Crippen LogP contribution in [0.25, 0.3) is 11.2 Å². The van der Waals surface area contributed by atoms with Crippen LogP contribution in [-0.2, 0) is 18.6 Å². The van der Waals surface area contributed by atoms with Crippen LogP contribution in [0, 0.1) is 0 Å². The summed E-state index contributed by atoms with van der Waals surface area (Å²) in [6.07, 6.45) is -2.48. The maximum Gasteiger partial charge on any atom is 0.325 e. The molecule has 1 saturated heterocycles. The third-order valence-electron chi connectivity index (χ3n) is 3.79. The number of imidazole rings is 1. The summed E-state index contributed by atoms with van der Waals surface area (Å²) in [4.78, 5) is 31.4. The average molecular weight is 375 g/mol. The Kier molecular flexibility index (Phi) is 4.66. The Morgan fingerprint density at radius 2 is 2.28 bits per heavy atom. The first-order valence-electron chi connectivity index (χ1n) is 7.24. The van der Waals surface area contributed by atoms with Crippen LogP contribution in [0.15, 0.2) is 11.1 Å². The number of rotatable bonds is 5. The minimum absolute atomic E-state index is 0.0512. The molecule has 0 bridgehead atoms. The van der Waals surface area contributed by atoms with E-state index in [1.54, 1.807) is 0 Å². The van der Waals surface area contributed by atoms with Crippen LogP contribution in [0.4, 0.5) is 5.95 Å². The standard InChI is InChI=1S/C12H18N5O7P/c1-22-8-7(18)5(3-23-25(2,20)21)24-11(8)17-4-14-6-9(17)15-12(13)16-10(6)19/h4-5,7-8,11,18H,3H2,1-2H3,(H,20,21)(H3,13,15,16,19)/t5-,7?,8+,11-/m1/s1. The van der Waals surface area contributed by atoms with E-state index >= 15 is 0 Å². The number of nitrogens with zero attached hydrogens (tertiary/aromatic N) is 3. The number of nitrogen functional groups attached to an aromatic ring is 1. The topological polar surface area (TPSA) is 175 Å². The van der Waals surface area contributed by atoms with E-state index in [2.05, 4.69) is 15.0 Å². The van der Waals surface area contributed by atoms with Gasteiger partial charge in [-0.25, -0.2) is 4.98 Å². The molecule has 2 aromatic rings. The van der Waals surface area contributed by atoms with Crippen molar-refractivity contribution in [3.05, 3.63) is 16.7 Å². The number of anilines is 1. The SMILES string of the molecule is CO[C@H]1C(O)[C@@H](COP(C)(=O)O)O[C@H]1n1cnc2c(=O)[nH]c(N)nc21. The molecule has 5 N–H and O–H groups in total. The number of H-pyrrole nitrogens is 1. The normalized spacial score (nSPS) is 29.1. The third kappa shape index (κ3) is 3.45. The van der Waals surface area contributed by atoms with Crippen LogP contribution >= 0.6 is 7.60 Å². The van der Waals surface area contributed by atoms with E-state index in [0.29, 0.717) is 0 Å². The first kappa shape index (κ1) is 18.0. The van der Waals surface area contributed by atoms with Gasteiger partial charge in [0.2, 0.25) is 5.95 Å². The second kappa shape index (κ2) is 6.48. The molecule has 0 amide bonds. The van der Waals surface area contributed by atoms with E-state index in [4.69, 9.17) is 19.7 Å². The molecule has 2 unspecified atom stereocenters. The van der Waals surface area contributed by atoms with Gasteiger partial charge in [-0.3, -0.25) is 18.9 Å². The van der Waals surface area contributed by atoms with E-state index in [-0.39, 0.29) is 23.7 Å². The van der Waals surface area contributed by atoms with Crippen molar-refractivity contribution in [3.63, 3.8) is 0 Å². The highest BCUT2D eigenvalue weighted by molar-refractivity contribution is 7.51. The lowest BCUT2D eigenvalue weighted by molar-refractivity contribution is -0.0565. The highest BCUT2D eigenvalue weighted by Crippen LogP contribution is 2.39. The van der Waals surface area contributed by atoms with Gasteiger partial charge < -0.3 is 29.7 Å². The molecule has 138 valence electrons. The van der Waals surface area contributed by atoms with Crippen molar-refractivity contribution < 1.29 is 28.6 Å². The summed E-state index contributed by atoms with van der Waals surface area (Å²) in [5, 5.41) is 10.3. The highest BCUT2D eigenvalue weighted by Gasteiger charge is 2.46. The number of fused-ring (bicyclic) bond motifs is 1. The Morgan fingerprint density at radius 1 is 1.56 bits per heavy atom. The number of hydrogen-bond donors (Lipinski definition) is 4. The minimum Gasteiger partial charge on any atom is -0.387 e. The molecular weight excluding hydrogens is 357 g/mol. The summed E-state index contributed by atoms with van der Waals surface area (Å²) in [5.74, 6) is -0.0983. The van der Waals surface area contributed by atoms with Crippen LogP contribution in [0.5, 0.6) is 0 Å². The molecule has 1 aliphatic heterocycles. The van der Waals surface area contributed by atoms with Crippen molar-refractivity contribution in [1.29, 1.82) is 0 Å². The van der Waals surface area contributed by atoms with Gasteiger partial charge in [-0.1, -0.05) is 0 Å². The van der Waals surface area contributed by atoms with Gasteiger partial charge >= 0.3 is 7.60 Å². The van der Waals surface area contributed by atoms with Crippen LogP contribution in [0.1, 0.15) is 6.23 Å². The van der Waals surface area contributed by atoms with E-state index in [0.717, 1.165) is 6.66 Å². The fourth-order valence-corrected chi connectivity index (χ4v) is 3.10. The fraction of sp³-hybridized carbons (Fsp3) is 0.583. The number of methoxy groups -OCH3 is 1. The molecule has 3 heterocycles. The summed E-state index contributed by atoms with van der Waals surface area (Å²) in [7, 11) is -2.36.